The number of nitrogens with zero attached hydrogens (tertiary/aromatic N) is 4. The van der Waals surface area contributed by atoms with Crippen LogP contribution in [0.4, 0.5) is 11.4 Å². The predicted molar refractivity (Wildman–Crippen MR) is 100 cm³/mol. The van der Waals surface area contributed by atoms with Crippen molar-refractivity contribution >= 4 is 28.9 Å². The van der Waals surface area contributed by atoms with Crippen molar-refractivity contribution in [3.63, 3.8) is 0 Å². The van der Waals surface area contributed by atoms with E-state index >= 15 is 0 Å². The van der Waals surface area contributed by atoms with Gasteiger partial charge in [0, 0.05) is 22.0 Å². The molecule has 0 aliphatic heterocycles. The van der Waals surface area contributed by atoms with Crippen LogP contribution in [0, 0.1) is 0 Å². The van der Waals surface area contributed by atoms with Gasteiger partial charge in [-0.3, -0.25) is 4.79 Å². The second-order valence-corrected chi connectivity index (χ2v) is 6.60. The summed E-state index contributed by atoms with van der Waals surface area (Å²) in [4.78, 5) is 12.1. The lowest BCUT2D eigenvalue weighted by Gasteiger charge is -2.09. The number of halogens is 1. The van der Waals surface area contributed by atoms with Gasteiger partial charge in [0.05, 0.1) is 12.6 Å². The van der Waals surface area contributed by atoms with Crippen LogP contribution in [-0.2, 0) is 4.79 Å². The Morgan fingerprint density at radius 2 is 1.96 bits per heavy atom. The van der Waals surface area contributed by atoms with Gasteiger partial charge < -0.3 is 10.6 Å². The number of hydrogen-bond donors (Lipinski definition) is 2. The summed E-state index contributed by atoms with van der Waals surface area (Å²) in [7, 11) is 0. The Morgan fingerprint density at radius 1 is 1.15 bits per heavy atom. The molecule has 1 saturated carbocycles. The summed E-state index contributed by atoms with van der Waals surface area (Å²) in [6.45, 7) is 0.152. The zero-order chi connectivity index (χ0) is 17.9. The molecule has 3 aromatic rings. The molecular formula is C18H17ClN6O. The first kappa shape index (κ1) is 16.5. The first-order valence-electron chi connectivity index (χ1n) is 8.36. The van der Waals surface area contributed by atoms with Gasteiger partial charge in [0.1, 0.15) is 0 Å². The van der Waals surface area contributed by atoms with E-state index in [1.54, 1.807) is 24.3 Å². The quantitative estimate of drug-likeness (QED) is 0.696. The molecule has 26 heavy (non-hydrogen) atoms. The van der Waals surface area contributed by atoms with Crippen molar-refractivity contribution in [2.24, 2.45) is 0 Å². The highest BCUT2D eigenvalue weighted by Gasteiger charge is 2.28. The molecule has 0 unspecified atom stereocenters. The summed E-state index contributed by atoms with van der Waals surface area (Å²) in [5, 5.41) is 18.6. The summed E-state index contributed by atoms with van der Waals surface area (Å²) >= 11 is 5.84. The zero-order valence-corrected chi connectivity index (χ0v) is 14.6. The van der Waals surface area contributed by atoms with Crippen LogP contribution in [0.25, 0.3) is 11.4 Å². The van der Waals surface area contributed by atoms with Crippen molar-refractivity contribution in [2.75, 3.05) is 17.2 Å². The maximum Gasteiger partial charge on any atom is 0.243 e. The van der Waals surface area contributed by atoms with E-state index in [9.17, 15) is 4.79 Å². The van der Waals surface area contributed by atoms with Gasteiger partial charge in [-0.15, -0.1) is 5.10 Å². The molecule has 1 aromatic heterocycles. The number of benzene rings is 2. The van der Waals surface area contributed by atoms with E-state index in [1.807, 2.05) is 28.9 Å². The molecule has 0 radical (unpaired) electrons. The number of carbonyl (C=O) groups is 1. The summed E-state index contributed by atoms with van der Waals surface area (Å²) < 4.78 is 1.87. The van der Waals surface area contributed by atoms with Gasteiger partial charge >= 0.3 is 0 Å². The van der Waals surface area contributed by atoms with Crippen LogP contribution in [0.1, 0.15) is 18.9 Å². The number of amides is 1. The molecule has 1 amide bonds. The molecule has 4 rings (SSSR count). The van der Waals surface area contributed by atoms with E-state index in [1.165, 1.54) is 0 Å². The van der Waals surface area contributed by atoms with E-state index in [0.29, 0.717) is 16.8 Å². The molecule has 1 aliphatic carbocycles. The molecule has 8 heteroatoms. The van der Waals surface area contributed by atoms with Crippen molar-refractivity contribution in [3.05, 3.63) is 53.6 Å². The second kappa shape index (κ2) is 7.13. The highest BCUT2D eigenvalue weighted by molar-refractivity contribution is 6.30. The van der Waals surface area contributed by atoms with Gasteiger partial charge in [-0.25, -0.2) is 4.68 Å². The number of rotatable bonds is 6. The normalized spacial score (nSPS) is 13.4. The standard InChI is InChI=1S/C18H17ClN6O/c19-13-4-6-14(7-5-13)21-17(26)11-20-15-3-1-2-12(10-15)18-22-23-24-25(18)16-8-9-16/h1-7,10,16,20H,8-9,11H2,(H,21,26). The summed E-state index contributed by atoms with van der Waals surface area (Å²) in [6.07, 6.45) is 2.22. The molecule has 1 heterocycles. The van der Waals surface area contributed by atoms with Gasteiger partial charge in [-0.1, -0.05) is 23.7 Å². The van der Waals surface area contributed by atoms with Gasteiger partial charge in [0.2, 0.25) is 5.91 Å². The highest BCUT2D eigenvalue weighted by Crippen LogP contribution is 2.36. The number of anilines is 2. The highest BCUT2D eigenvalue weighted by atomic mass is 35.5. The molecule has 1 fully saturated rings. The van der Waals surface area contributed by atoms with Crippen LogP contribution in [0.3, 0.4) is 0 Å². The Kier molecular flexibility index (Phi) is 4.53. The van der Waals surface area contributed by atoms with Gasteiger partial charge in [0.25, 0.3) is 0 Å². The minimum Gasteiger partial charge on any atom is -0.376 e. The summed E-state index contributed by atoms with van der Waals surface area (Å²) in [5.74, 6) is 0.613. The Balaban J connectivity index is 1.40. The Bertz CT molecular complexity index is 919. The maximum absolute atomic E-state index is 12.1. The molecule has 2 N–H and O–H groups in total. The fourth-order valence-corrected chi connectivity index (χ4v) is 2.76. The second-order valence-electron chi connectivity index (χ2n) is 6.17. The Labute approximate surface area is 155 Å². The van der Waals surface area contributed by atoms with Gasteiger partial charge in [-0.2, -0.15) is 0 Å². The van der Waals surface area contributed by atoms with E-state index < -0.39 is 0 Å². The number of nitrogens with one attached hydrogen (secondary N) is 2. The zero-order valence-electron chi connectivity index (χ0n) is 13.9. The SMILES string of the molecule is O=C(CNc1cccc(-c2nnnn2C2CC2)c1)Nc1ccc(Cl)cc1. The maximum atomic E-state index is 12.1. The van der Waals surface area contributed by atoms with E-state index in [0.717, 1.165) is 29.9 Å². The molecule has 0 bridgehead atoms. The third-order valence-corrected chi connectivity index (χ3v) is 4.34. The van der Waals surface area contributed by atoms with Gasteiger partial charge in [-0.05, 0) is 59.7 Å². The number of aromatic nitrogens is 4. The number of carbonyl (C=O) groups excluding carboxylic acids is 1. The molecule has 0 atom stereocenters. The van der Waals surface area contributed by atoms with Gasteiger partial charge in [0.15, 0.2) is 5.82 Å². The summed E-state index contributed by atoms with van der Waals surface area (Å²) in [5.41, 5.74) is 2.46. The molecule has 0 saturated heterocycles. The average molecular weight is 369 g/mol. The Hall–Kier alpha value is -2.93. The smallest absolute Gasteiger partial charge is 0.243 e. The van der Waals surface area contributed by atoms with Crippen molar-refractivity contribution in [1.29, 1.82) is 0 Å². The monoisotopic (exact) mass is 368 g/mol. The number of hydrogen-bond acceptors (Lipinski definition) is 5. The van der Waals surface area contributed by atoms with Crippen molar-refractivity contribution in [3.8, 4) is 11.4 Å². The largest absolute Gasteiger partial charge is 0.376 e. The predicted octanol–water partition coefficient (Wildman–Crippen LogP) is 3.38. The molecule has 7 nitrogen and oxygen atoms in total. The van der Waals surface area contributed by atoms with Crippen LogP contribution >= 0.6 is 11.6 Å². The van der Waals surface area contributed by atoms with Crippen molar-refractivity contribution in [1.82, 2.24) is 20.2 Å². The number of tetrazole rings is 1. The van der Waals surface area contributed by atoms with E-state index in [2.05, 4.69) is 26.2 Å². The minimum atomic E-state index is -0.138. The Morgan fingerprint density at radius 3 is 2.73 bits per heavy atom. The van der Waals surface area contributed by atoms with E-state index in [-0.39, 0.29) is 12.5 Å². The van der Waals surface area contributed by atoms with Crippen molar-refractivity contribution < 1.29 is 4.79 Å². The first-order valence-corrected chi connectivity index (χ1v) is 8.74. The lowest BCUT2D eigenvalue weighted by Crippen LogP contribution is -2.21. The lowest BCUT2D eigenvalue weighted by atomic mass is 10.2. The molecule has 1 aliphatic rings. The average Bonchev–Trinajstić information content (AvgIpc) is 3.38. The summed E-state index contributed by atoms with van der Waals surface area (Å²) in [6, 6.07) is 15.1. The van der Waals surface area contributed by atoms with Crippen LogP contribution in [0.2, 0.25) is 5.02 Å². The fraction of sp³-hybridized carbons (Fsp3) is 0.222. The molecule has 0 spiro atoms. The third-order valence-electron chi connectivity index (χ3n) is 4.09. The van der Waals surface area contributed by atoms with Crippen LogP contribution in [0.5, 0.6) is 0 Å². The van der Waals surface area contributed by atoms with Crippen molar-refractivity contribution in [2.45, 2.75) is 18.9 Å². The minimum absolute atomic E-state index is 0.138. The van der Waals surface area contributed by atoms with Crippen LogP contribution < -0.4 is 10.6 Å². The van der Waals surface area contributed by atoms with Crippen LogP contribution in [0.15, 0.2) is 48.5 Å². The fourth-order valence-electron chi connectivity index (χ4n) is 2.64. The molecule has 2 aromatic carbocycles. The first-order chi connectivity index (χ1) is 12.7. The van der Waals surface area contributed by atoms with E-state index in [4.69, 9.17) is 11.6 Å². The molecular weight excluding hydrogens is 352 g/mol. The third kappa shape index (κ3) is 3.83. The molecule has 132 valence electrons. The van der Waals surface area contributed by atoms with Crippen LogP contribution in [-0.4, -0.2) is 32.7 Å². The topological polar surface area (TPSA) is 84.7 Å². The lowest BCUT2D eigenvalue weighted by molar-refractivity contribution is -0.114.